The van der Waals surface area contributed by atoms with Gasteiger partial charge in [-0.1, -0.05) is 42.5 Å². The summed E-state index contributed by atoms with van der Waals surface area (Å²) in [5.41, 5.74) is 1.46. The fourth-order valence-electron chi connectivity index (χ4n) is 4.14. The van der Waals surface area contributed by atoms with Gasteiger partial charge in [0.2, 0.25) is 11.8 Å². The van der Waals surface area contributed by atoms with Crippen LogP contribution in [0.1, 0.15) is 62.8 Å². The van der Waals surface area contributed by atoms with Gasteiger partial charge in [0.15, 0.2) is 0 Å². The second kappa shape index (κ2) is 12.2. The van der Waals surface area contributed by atoms with Crippen LogP contribution in [0.2, 0.25) is 0 Å². The molecule has 0 spiro atoms. The van der Waals surface area contributed by atoms with Gasteiger partial charge >= 0.3 is 6.09 Å². The molecule has 0 aliphatic carbocycles. The van der Waals surface area contributed by atoms with Crippen LogP contribution in [0, 0.1) is 11.3 Å². The van der Waals surface area contributed by atoms with Crippen LogP contribution >= 0.6 is 0 Å². The number of carbonyl (C=O) groups excluding carboxylic acids is 3. The van der Waals surface area contributed by atoms with E-state index in [4.69, 9.17) is 10.00 Å². The topological polar surface area (TPSA) is 112 Å². The molecule has 2 atom stereocenters. The van der Waals surface area contributed by atoms with E-state index in [1.165, 1.54) is 0 Å². The molecule has 1 aliphatic heterocycles. The van der Waals surface area contributed by atoms with Gasteiger partial charge in [-0.2, -0.15) is 5.26 Å². The molecule has 8 nitrogen and oxygen atoms in total. The highest BCUT2D eigenvalue weighted by atomic mass is 16.6. The number of benzene rings is 2. The number of carbonyl (C=O) groups is 3. The highest BCUT2D eigenvalue weighted by molar-refractivity contribution is 5.88. The molecule has 2 aromatic rings. The zero-order valence-corrected chi connectivity index (χ0v) is 21.1. The average Bonchev–Trinajstić information content (AvgIpc) is 3.38. The van der Waals surface area contributed by atoms with E-state index in [0.717, 1.165) is 24.0 Å². The van der Waals surface area contributed by atoms with E-state index in [-0.39, 0.29) is 18.2 Å². The van der Waals surface area contributed by atoms with Crippen molar-refractivity contribution in [2.24, 2.45) is 0 Å². The standard InChI is InChI=1S/C28H34N4O4/c1-28(2,3)36-27(35)31-23(22-9-5-4-6-10-22)18-25(33)30-24(26(34)32-15-7-8-16-32)17-20-11-13-21(19-29)14-12-20/h4-6,9-14,23-24H,7-8,15-18H2,1-3H3,(H,30,33)(H,31,35). The number of nitrogens with one attached hydrogen (secondary N) is 2. The number of alkyl carbamates (subject to hydrolysis) is 1. The summed E-state index contributed by atoms with van der Waals surface area (Å²) in [4.78, 5) is 40.7. The van der Waals surface area contributed by atoms with Crippen molar-refractivity contribution in [2.75, 3.05) is 13.1 Å². The quantitative estimate of drug-likeness (QED) is 0.584. The van der Waals surface area contributed by atoms with Crippen molar-refractivity contribution >= 4 is 17.9 Å². The first-order chi connectivity index (χ1) is 17.1. The van der Waals surface area contributed by atoms with Gasteiger partial charge in [-0.3, -0.25) is 9.59 Å². The van der Waals surface area contributed by atoms with E-state index in [9.17, 15) is 14.4 Å². The number of nitriles is 1. The molecule has 2 N–H and O–H groups in total. The molecule has 36 heavy (non-hydrogen) atoms. The number of nitrogens with zero attached hydrogens (tertiary/aromatic N) is 2. The van der Waals surface area contributed by atoms with Crippen molar-refractivity contribution in [2.45, 2.75) is 64.1 Å². The molecular formula is C28H34N4O4. The first kappa shape index (κ1) is 26.7. The normalized spacial score (nSPS) is 14.9. The molecule has 0 aromatic heterocycles. The van der Waals surface area contributed by atoms with Crippen LogP contribution in [0.25, 0.3) is 0 Å². The molecule has 8 heteroatoms. The summed E-state index contributed by atoms with van der Waals surface area (Å²) in [7, 11) is 0. The zero-order chi connectivity index (χ0) is 26.1. The van der Waals surface area contributed by atoms with Crippen LogP contribution in [0.4, 0.5) is 4.79 Å². The van der Waals surface area contributed by atoms with E-state index >= 15 is 0 Å². The molecule has 1 aliphatic rings. The second-order valence-electron chi connectivity index (χ2n) is 9.98. The summed E-state index contributed by atoms with van der Waals surface area (Å²) >= 11 is 0. The molecule has 0 saturated carbocycles. The summed E-state index contributed by atoms with van der Waals surface area (Å²) < 4.78 is 5.39. The highest BCUT2D eigenvalue weighted by Gasteiger charge is 2.29. The van der Waals surface area contributed by atoms with Crippen molar-refractivity contribution in [3.05, 3.63) is 71.3 Å². The van der Waals surface area contributed by atoms with Gasteiger partial charge < -0.3 is 20.3 Å². The largest absolute Gasteiger partial charge is 0.444 e. The Morgan fingerprint density at radius 1 is 1.00 bits per heavy atom. The van der Waals surface area contributed by atoms with Gasteiger partial charge in [0.25, 0.3) is 0 Å². The predicted octanol–water partition coefficient (Wildman–Crippen LogP) is 3.86. The Morgan fingerprint density at radius 3 is 2.22 bits per heavy atom. The predicted molar refractivity (Wildman–Crippen MR) is 136 cm³/mol. The maximum absolute atomic E-state index is 13.3. The van der Waals surface area contributed by atoms with Crippen LogP contribution < -0.4 is 10.6 Å². The molecule has 3 rings (SSSR count). The Morgan fingerprint density at radius 2 is 1.64 bits per heavy atom. The number of hydrogen-bond donors (Lipinski definition) is 2. The Hall–Kier alpha value is -3.86. The number of likely N-dealkylation sites (tertiary alicyclic amines) is 1. The summed E-state index contributed by atoms with van der Waals surface area (Å²) in [6.07, 6.45) is 1.52. The van der Waals surface area contributed by atoms with E-state index in [1.54, 1.807) is 49.9 Å². The van der Waals surface area contributed by atoms with Crippen molar-refractivity contribution in [3.8, 4) is 6.07 Å². The van der Waals surface area contributed by atoms with Crippen LogP contribution in [0.15, 0.2) is 54.6 Å². The Balaban J connectivity index is 1.75. The zero-order valence-electron chi connectivity index (χ0n) is 21.1. The first-order valence-corrected chi connectivity index (χ1v) is 12.3. The summed E-state index contributed by atoms with van der Waals surface area (Å²) in [5.74, 6) is -0.479. The number of ether oxygens (including phenoxy) is 1. The van der Waals surface area contributed by atoms with Gasteiger partial charge in [0, 0.05) is 19.5 Å². The highest BCUT2D eigenvalue weighted by Crippen LogP contribution is 2.19. The molecule has 1 saturated heterocycles. The third-order valence-electron chi connectivity index (χ3n) is 5.86. The Bertz CT molecular complexity index is 1080. The van der Waals surface area contributed by atoms with E-state index in [1.807, 2.05) is 30.3 Å². The van der Waals surface area contributed by atoms with Crippen LogP contribution in [-0.2, 0) is 20.7 Å². The lowest BCUT2D eigenvalue weighted by atomic mass is 10.0. The average molecular weight is 491 g/mol. The Kier molecular flexibility index (Phi) is 9.07. The van der Waals surface area contributed by atoms with Crippen molar-refractivity contribution in [1.29, 1.82) is 5.26 Å². The van der Waals surface area contributed by atoms with E-state index in [2.05, 4.69) is 16.7 Å². The molecular weight excluding hydrogens is 456 g/mol. The third-order valence-corrected chi connectivity index (χ3v) is 5.86. The smallest absolute Gasteiger partial charge is 0.408 e. The minimum absolute atomic E-state index is 0.0552. The van der Waals surface area contributed by atoms with Gasteiger partial charge in [0.1, 0.15) is 11.6 Å². The maximum Gasteiger partial charge on any atom is 0.408 e. The van der Waals surface area contributed by atoms with Crippen molar-refractivity contribution < 1.29 is 19.1 Å². The van der Waals surface area contributed by atoms with Gasteiger partial charge in [-0.25, -0.2) is 4.79 Å². The first-order valence-electron chi connectivity index (χ1n) is 12.3. The van der Waals surface area contributed by atoms with Crippen LogP contribution in [0.5, 0.6) is 0 Å². The third kappa shape index (κ3) is 8.12. The van der Waals surface area contributed by atoms with Gasteiger partial charge in [0.05, 0.1) is 24.1 Å². The maximum atomic E-state index is 13.3. The molecule has 1 heterocycles. The van der Waals surface area contributed by atoms with Crippen LogP contribution in [0.3, 0.4) is 0 Å². The lowest BCUT2D eigenvalue weighted by molar-refractivity contribution is -0.135. The van der Waals surface area contributed by atoms with Gasteiger partial charge in [-0.05, 0) is 56.9 Å². The van der Waals surface area contributed by atoms with Crippen molar-refractivity contribution in [3.63, 3.8) is 0 Å². The molecule has 0 bridgehead atoms. The summed E-state index contributed by atoms with van der Waals surface area (Å²) in [6, 6.07) is 16.9. The summed E-state index contributed by atoms with van der Waals surface area (Å²) in [5, 5.41) is 14.8. The fourth-order valence-corrected chi connectivity index (χ4v) is 4.14. The number of rotatable bonds is 8. The number of hydrogen-bond acceptors (Lipinski definition) is 5. The molecule has 2 unspecified atom stereocenters. The molecule has 0 radical (unpaired) electrons. The minimum Gasteiger partial charge on any atom is -0.444 e. The molecule has 190 valence electrons. The van der Waals surface area contributed by atoms with E-state index in [0.29, 0.717) is 25.1 Å². The monoisotopic (exact) mass is 490 g/mol. The van der Waals surface area contributed by atoms with Gasteiger partial charge in [-0.15, -0.1) is 0 Å². The second-order valence-corrected chi connectivity index (χ2v) is 9.98. The lowest BCUT2D eigenvalue weighted by Gasteiger charge is -2.26. The fraction of sp³-hybridized carbons (Fsp3) is 0.429. The molecule has 3 amide bonds. The molecule has 1 fully saturated rings. The molecule has 2 aromatic carbocycles. The van der Waals surface area contributed by atoms with Crippen LogP contribution in [-0.4, -0.2) is 47.5 Å². The minimum atomic E-state index is -0.749. The lowest BCUT2D eigenvalue weighted by Crippen LogP contribution is -2.49. The summed E-state index contributed by atoms with van der Waals surface area (Å²) in [6.45, 7) is 6.66. The van der Waals surface area contributed by atoms with Crippen molar-refractivity contribution in [1.82, 2.24) is 15.5 Å². The number of amides is 3. The SMILES string of the molecule is CC(C)(C)OC(=O)NC(CC(=O)NC(Cc1ccc(C#N)cc1)C(=O)N1CCCC1)c1ccccc1. The van der Waals surface area contributed by atoms with E-state index < -0.39 is 23.8 Å². The Labute approximate surface area is 212 Å².